The zero-order valence-electron chi connectivity index (χ0n) is 9.78. The Morgan fingerprint density at radius 2 is 1.88 bits per heavy atom. The van der Waals surface area contributed by atoms with Gasteiger partial charge in [-0.1, -0.05) is 25.0 Å². The number of rotatable bonds is 4. The summed E-state index contributed by atoms with van der Waals surface area (Å²) in [6.07, 6.45) is 5.22. The molecule has 2 rings (SSSR count). The molecule has 1 aliphatic rings. The number of hydrogen-bond acceptors (Lipinski definition) is 3. The Morgan fingerprint density at radius 1 is 1.25 bits per heavy atom. The van der Waals surface area contributed by atoms with Crippen LogP contribution in [0.3, 0.4) is 0 Å². The van der Waals surface area contributed by atoms with Crippen LogP contribution in [0.2, 0.25) is 0 Å². The molecular weight excluding hydrogens is 200 g/mol. The van der Waals surface area contributed by atoms with Gasteiger partial charge in [0.05, 0.1) is 7.11 Å². The summed E-state index contributed by atoms with van der Waals surface area (Å²) in [5.41, 5.74) is 4.22. The van der Waals surface area contributed by atoms with E-state index in [1.165, 1.54) is 31.2 Å². The maximum absolute atomic E-state index is 5.67. The summed E-state index contributed by atoms with van der Waals surface area (Å²) in [6.45, 7) is 0. The molecule has 0 bridgehead atoms. The van der Waals surface area contributed by atoms with E-state index in [9.17, 15) is 0 Å². The first-order chi connectivity index (χ1) is 7.85. The molecule has 1 saturated carbocycles. The summed E-state index contributed by atoms with van der Waals surface area (Å²) in [5, 5.41) is 0. The van der Waals surface area contributed by atoms with Crippen molar-refractivity contribution in [2.45, 2.75) is 31.7 Å². The lowest BCUT2D eigenvalue weighted by atomic mass is 9.92. The fourth-order valence-corrected chi connectivity index (χ4v) is 2.61. The molecule has 0 radical (unpaired) electrons. The van der Waals surface area contributed by atoms with E-state index >= 15 is 0 Å². The Labute approximate surface area is 97.0 Å². The van der Waals surface area contributed by atoms with Crippen molar-refractivity contribution in [1.29, 1.82) is 0 Å². The molecule has 88 valence electrons. The fraction of sp³-hybridized carbons (Fsp3) is 0.538. The van der Waals surface area contributed by atoms with Crippen molar-refractivity contribution < 1.29 is 4.74 Å². The fourth-order valence-electron chi connectivity index (χ4n) is 2.61. The molecule has 1 aromatic carbocycles. The van der Waals surface area contributed by atoms with Crippen molar-refractivity contribution in [2.24, 2.45) is 11.8 Å². The highest BCUT2D eigenvalue weighted by Crippen LogP contribution is 2.35. The highest BCUT2D eigenvalue weighted by Gasteiger charge is 2.25. The van der Waals surface area contributed by atoms with Crippen LogP contribution in [0.5, 0.6) is 5.75 Å². The SMILES string of the molecule is COc1ccc(C(NN)C2CCCC2)cc1. The van der Waals surface area contributed by atoms with E-state index in [0.717, 1.165) is 5.75 Å². The molecule has 0 spiro atoms. The zero-order valence-corrected chi connectivity index (χ0v) is 9.78. The Balaban J connectivity index is 2.12. The monoisotopic (exact) mass is 220 g/mol. The van der Waals surface area contributed by atoms with Gasteiger partial charge in [-0.05, 0) is 36.5 Å². The molecule has 3 nitrogen and oxygen atoms in total. The third-order valence-corrected chi connectivity index (χ3v) is 3.53. The van der Waals surface area contributed by atoms with Gasteiger partial charge in [0.15, 0.2) is 0 Å². The molecule has 1 fully saturated rings. The molecule has 1 aromatic rings. The second kappa shape index (κ2) is 5.32. The van der Waals surface area contributed by atoms with Crippen LogP contribution in [0.15, 0.2) is 24.3 Å². The summed E-state index contributed by atoms with van der Waals surface area (Å²) < 4.78 is 5.16. The van der Waals surface area contributed by atoms with Gasteiger partial charge >= 0.3 is 0 Å². The van der Waals surface area contributed by atoms with E-state index in [4.69, 9.17) is 10.6 Å². The molecule has 16 heavy (non-hydrogen) atoms. The average Bonchev–Trinajstić information content (AvgIpc) is 2.85. The first kappa shape index (κ1) is 11.4. The first-order valence-electron chi connectivity index (χ1n) is 5.95. The predicted molar refractivity (Wildman–Crippen MR) is 65.0 cm³/mol. The molecule has 0 aliphatic heterocycles. The molecule has 3 N–H and O–H groups in total. The quantitative estimate of drug-likeness (QED) is 0.605. The van der Waals surface area contributed by atoms with Crippen molar-refractivity contribution in [3.8, 4) is 5.75 Å². The number of benzene rings is 1. The van der Waals surface area contributed by atoms with Crippen LogP contribution in [0.25, 0.3) is 0 Å². The van der Waals surface area contributed by atoms with Crippen LogP contribution in [0.4, 0.5) is 0 Å². The van der Waals surface area contributed by atoms with Crippen molar-refractivity contribution in [1.82, 2.24) is 5.43 Å². The maximum Gasteiger partial charge on any atom is 0.118 e. The number of nitrogens with one attached hydrogen (secondary N) is 1. The molecule has 1 aliphatic carbocycles. The zero-order chi connectivity index (χ0) is 11.4. The lowest BCUT2D eigenvalue weighted by Gasteiger charge is -2.23. The maximum atomic E-state index is 5.67. The van der Waals surface area contributed by atoms with Gasteiger partial charge < -0.3 is 4.74 Å². The third kappa shape index (κ3) is 2.36. The Kier molecular flexibility index (Phi) is 3.80. The summed E-state index contributed by atoms with van der Waals surface area (Å²) in [7, 11) is 1.69. The lowest BCUT2D eigenvalue weighted by molar-refractivity contribution is 0.372. The van der Waals surface area contributed by atoms with E-state index in [-0.39, 0.29) is 6.04 Å². The normalized spacial score (nSPS) is 18.6. The smallest absolute Gasteiger partial charge is 0.118 e. The average molecular weight is 220 g/mol. The number of nitrogens with two attached hydrogens (primary N) is 1. The minimum absolute atomic E-state index is 0.286. The van der Waals surface area contributed by atoms with Crippen molar-refractivity contribution >= 4 is 0 Å². The Bertz CT molecular complexity index is 317. The van der Waals surface area contributed by atoms with E-state index in [2.05, 4.69) is 17.6 Å². The van der Waals surface area contributed by atoms with Crippen molar-refractivity contribution in [2.75, 3.05) is 7.11 Å². The largest absolute Gasteiger partial charge is 0.497 e. The topological polar surface area (TPSA) is 47.3 Å². The molecule has 0 heterocycles. The van der Waals surface area contributed by atoms with Crippen LogP contribution in [0.1, 0.15) is 37.3 Å². The number of methoxy groups -OCH3 is 1. The summed E-state index contributed by atoms with van der Waals surface area (Å²) in [5.74, 6) is 7.25. The van der Waals surface area contributed by atoms with Gasteiger partial charge in [-0.25, -0.2) is 0 Å². The van der Waals surface area contributed by atoms with Crippen molar-refractivity contribution in [3.63, 3.8) is 0 Å². The van der Waals surface area contributed by atoms with E-state index < -0.39 is 0 Å². The van der Waals surface area contributed by atoms with E-state index in [1.807, 2.05) is 12.1 Å². The molecule has 0 saturated heterocycles. The third-order valence-electron chi connectivity index (χ3n) is 3.53. The molecule has 0 aromatic heterocycles. The van der Waals surface area contributed by atoms with Crippen LogP contribution < -0.4 is 16.0 Å². The molecule has 1 unspecified atom stereocenters. The summed E-state index contributed by atoms with van der Waals surface area (Å²) >= 11 is 0. The van der Waals surface area contributed by atoms with Crippen LogP contribution >= 0.6 is 0 Å². The van der Waals surface area contributed by atoms with Gasteiger partial charge in [0.1, 0.15) is 5.75 Å². The second-order valence-electron chi connectivity index (χ2n) is 4.46. The minimum Gasteiger partial charge on any atom is -0.497 e. The van der Waals surface area contributed by atoms with Crippen molar-refractivity contribution in [3.05, 3.63) is 29.8 Å². The van der Waals surface area contributed by atoms with E-state index in [1.54, 1.807) is 7.11 Å². The highest BCUT2D eigenvalue weighted by atomic mass is 16.5. The minimum atomic E-state index is 0.286. The number of ether oxygens (including phenoxy) is 1. The van der Waals surface area contributed by atoms with E-state index in [0.29, 0.717) is 5.92 Å². The lowest BCUT2D eigenvalue weighted by Crippen LogP contribution is -2.32. The first-order valence-corrected chi connectivity index (χ1v) is 5.95. The highest BCUT2D eigenvalue weighted by molar-refractivity contribution is 5.29. The number of hydrazine groups is 1. The van der Waals surface area contributed by atoms with Crippen LogP contribution in [0, 0.1) is 5.92 Å². The Morgan fingerprint density at radius 3 is 2.38 bits per heavy atom. The van der Waals surface area contributed by atoms with Crippen LogP contribution in [-0.2, 0) is 0 Å². The second-order valence-corrected chi connectivity index (χ2v) is 4.46. The van der Waals surface area contributed by atoms with Gasteiger partial charge in [-0.15, -0.1) is 0 Å². The molecule has 1 atom stereocenters. The van der Waals surface area contributed by atoms with Gasteiger partial charge in [-0.2, -0.15) is 0 Å². The molecular formula is C13H20N2O. The number of hydrogen-bond donors (Lipinski definition) is 2. The van der Waals surface area contributed by atoms with Gasteiger partial charge in [-0.3, -0.25) is 11.3 Å². The molecule has 3 heteroatoms. The Hall–Kier alpha value is -1.06. The molecule has 0 amide bonds. The standard InChI is InChI=1S/C13H20N2O/c1-16-12-8-6-11(7-9-12)13(15-14)10-4-2-3-5-10/h6-10,13,15H,2-5,14H2,1H3. The van der Waals surface area contributed by atoms with Crippen LogP contribution in [-0.4, -0.2) is 7.11 Å². The summed E-state index contributed by atoms with van der Waals surface area (Å²) in [6, 6.07) is 8.47. The summed E-state index contributed by atoms with van der Waals surface area (Å²) in [4.78, 5) is 0. The van der Waals surface area contributed by atoms with Gasteiger partial charge in [0.25, 0.3) is 0 Å². The predicted octanol–water partition coefficient (Wildman–Crippen LogP) is 2.39. The van der Waals surface area contributed by atoms with Gasteiger partial charge in [0.2, 0.25) is 0 Å². The van der Waals surface area contributed by atoms with Gasteiger partial charge in [0, 0.05) is 6.04 Å².